The summed E-state index contributed by atoms with van der Waals surface area (Å²) in [6.07, 6.45) is 9.11. The number of Topliss-reactive ketones (excluding diaryl/α,β-unsaturated/α-hetero) is 1. The van der Waals surface area contributed by atoms with Crippen LogP contribution < -0.4 is 0 Å². The molecular weight excluding hydrogens is 478 g/mol. The second kappa shape index (κ2) is 8.13. The number of hydrogen-bond donors (Lipinski definition) is 1. The van der Waals surface area contributed by atoms with Gasteiger partial charge in [-0.25, -0.2) is 4.85 Å². The summed E-state index contributed by atoms with van der Waals surface area (Å²) in [4.78, 5) is 44.6. The maximum atomic E-state index is 14.4. The molecule has 3 fully saturated rings. The maximum absolute atomic E-state index is 14.4. The third kappa shape index (κ3) is 3.12. The Morgan fingerprint density at radius 1 is 1.08 bits per heavy atom. The van der Waals surface area contributed by atoms with Crippen LogP contribution in [-0.4, -0.2) is 36.4 Å². The van der Waals surface area contributed by atoms with Gasteiger partial charge in [0, 0.05) is 16.7 Å². The highest BCUT2D eigenvalue weighted by Gasteiger charge is 2.71. The molecule has 0 heterocycles. The third-order valence-corrected chi connectivity index (χ3v) is 12.6. The molecule has 0 spiro atoms. The van der Waals surface area contributed by atoms with Gasteiger partial charge in [-0.2, -0.15) is 0 Å². The highest BCUT2D eigenvalue weighted by Crippen LogP contribution is 2.74. The summed E-state index contributed by atoms with van der Waals surface area (Å²) < 4.78 is 5.40. The zero-order valence-electron chi connectivity index (χ0n) is 24.1. The Bertz CT molecular complexity index is 1220. The van der Waals surface area contributed by atoms with E-state index in [9.17, 15) is 19.5 Å². The number of aliphatic hydroxyl groups excluding tert-OH is 1. The molecule has 5 rings (SSSR count). The molecule has 5 aliphatic rings. The van der Waals surface area contributed by atoms with Crippen LogP contribution in [0, 0.1) is 56.8 Å². The second-order valence-corrected chi connectivity index (χ2v) is 14.7. The van der Waals surface area contributed by atoms with E-state index in [1.54, 1.807) is 13.0 Å². The third-order valence-electron chi connectivity index (χ3n) is 12.6. The number of hydrogen-bond acceptors (Lipinski definition) is 5. The van der Waals surface area contributed by atoms with Crippen molar-refractivity contribution in [2.45, 2.75) is 86.5 Å². The number of fused-ring (bicyclic) bond motifs is 7. The zero-order valence-corrected chi connectivity index (χ0v) is 24.1. The maximum Gasteiger partial charge on any atom is 0.312 e. The Balaban J connectivity index is 1.71. The quantitative estimate of drug-likeness (QED) is 0.372. The molecule has 0 unspecified atom stereocenters. The molecule has 3 saturated carbocycles. The van der Waals surface area contributed by atoms with E-state index in [1.165, 1.54) is 7.11 Å². The van der Waals surface area contributed by atoms with E-state index in [0.717, 1.165) is 44.1 Å². The Morgan fingerprint density at radius 3 is 2.34 bits per heavy atom. The molecule has 0 aliphatic heterocycles. The first-order valence-electron chi connectivity index (χ1n) is 14.2. The first kappa shape index (κ1) is 27.3. The van der Waals surface area contributed by atoms with Gasteiger partial charge >= 0.3 is 5.97 Å². The van der Waals surface area contributed by atoms with Crippen LogP contribution in [-0.2, 0) is 19.1 Å². The van der Waals surface area contributed by atoms with Gasteiger partial charge in [0.05, 0.1) is 25.7 Å². The lowest BCUT2D eigenvalue weighted by Gasteiger charge is -2.69. The topological polar surface area (TPSA) is 85.0 Å². The van der Waals surface area contributed by atoms with Crippen molar-refractivity contribution >= 4 is 17.5 Å². The van der Waals surface area contributed by atoms with Crippen molar-refractivity contribution < 1.29 is 24.2 Å². The fourth-order valence-corrected chi connectivity index (χ4v) is 10.2. The van der Waals surface area contributed by atoms with Gasteiger partial charge in [-0.3, -0.25) is 9.59 Å². The number of allylic oxidation sites excluding steroid dienone is 4. The minimum absolute atomic E-state index is 0.0369. The predicted octanol–water partition coefficient (Wildman–Crippen LogP) is 5.70. The number of nitrogens with zero attached hydrogens (tertiary/aromatic N) is 1. The monoisotopic (exact) mass is 521 g/mol. The van der Waals surface area contributed by atoms with Crippen molar-refractivity contribution in [3.8, 4) is 0 Å². The van der Waals surface area contributed by atoms with E-state index < -0.39 is 16.2 Å². The summed E-state index contributed by atoms with van der Waals surface area (Å²) in [6.45, 7) is 20.3. The lowest BCUT2D eigenvalue weighted by molar-refractivity contribution is -0.191. The van der Waals surface area contributed by atoms with Crippen molar-refractivity contribution in [3.05, 3.63) is 34.8 Å². The number of carbonyl (C=O) groups is 3. The van der Waals surface area contributed by atoms with E-state index >= 15 is 0 Å². The Kier molecular flexibility index (Phi) is 5.84. The molecule has 206 valence electrons. The smallest absolute Gasteiger partial charge is 0.312 e. The van der Waals surface area contributed by atoms with Crippen LogP contribution in [0.1, 0.15) is 86.5 Å². The minimum Gasteiger partial charge on any atom is -0.469 e. The van der Waals surface area contributed by atoms with Gasteiger partial charge in [0.2, 0.25) is 5.70 Å². The van der Waals surface area contributed by atoms with Crippen LogP contribution in [0.15, 0.2) is 23.4 Å². The summed E-state index contributed by atoms with van der Waals surface area (Å²) in [5.41, 5.74) is -2.00. The van der Waals surface area contributed by atoms with Crippen molar-refractivity contribution in [1.29, 1.82) is 0 Å². The van der Waals surface area contributed by atoms with E-state index in [-0.39, 0.29) is 63.8 Å². The predicted molar refractivity (Wildman–Crippen MR) is 143 cm³/mol. The van der Waals surface area contributed by atoms with Crippen molar-refractivity contribution in [1.82, 2.24) is 0 Å². The molecule has 6 nitrogen and oxygen atoms in total. The van der Waals surface area contributed by atoms with E-state index in [1.807, 2.05) is 6.08 Å². The lowest BCUT2D eigenvalue weighted by atomic mass is 9.34. The number of carbonyl (C=O) groups excluding carboxylic acids is 3. The Hall–Kier alpha value is -2.26. The van der Waals surface area contributed by atoms with Crippen molar-refractivity contribution in [2.24, 2.45) is 50.2 Å². The number of rotatable bonds is 2. The number of methoxy groups -OCH3 is 1. The molecule has 0 bridgehead atoms. The molecule has 0 aromatic carbocycles. The van der Waals surface area contributed by atoms with Gasteiger partial charge in [-0.1, -0.05) is 53.2 Å². The van der Waals surface area contributed by atoms with Crippen molar-refractivity contribution in [3.63, 3.8) is 0 Å². The molecular formula is C32H43NO5. The van der Waals surface area contributed by atoms with Gasteiger partial charge < -0.3 is 14.6 Å². The fourth-order valence-electron chi connectivity index (χ4n) is 10.2. The first-order valence-corrected chi connectivity index (χ1v) is 14.2. The molecule has 38 heavy (non-hydrogen) atoms. The molecule has 0 aromatic rings. The van der Waals surface area contributed by atoms with Crippen molar-refractivity contribution in [2.75, 3.05) is 13.7 Å². The highest BCUT2D eigenvalue weighted by atomic mass is 16.5. The molecule has 0 radical (unpaired) electrons. The minimum atomic E-state index is -1.06. The summed E-state index contributed by atoms with van der Waals surface area (Å²) in [6, 6.07) is 0. The van der Waals surface area contributed by atoms with Crippen LogP contribution in [0.3, 0.4) is 0 Å². The van der Waals surface area contributed by atoms with E-state index in [0.29, 0.717) is 6.42 Å². The van der Waals surface area contributed by atoms with Gasteiger partial charge in [0.1, 0.15) is 0 Å². The Labute approximate surface area is 227 Å². The van der Waals surface area contributed by atoms with Crippen LogP contribution >= 0.6 is 0 Å². The number of esters is 1. The summed E-state index contributed by atoms with van der Waals surface area (Å²) >= 11 is 0. The average Bonchev–Trinajstić information content (AvgIpc) is 2.86. The van der Waals surface area contributed by atoms with E-state index in [4.69, 9.17) is 11.3 Å². The molecule has 0 saturated heterocycles. The second-order valence-electron chi connectivity index (χ2n) is 14.7. The standard InChI is InChI=1S/C32H43NO5/c1-27(2)11-13-32(26(37)38-8)14-12-31(6)24(19(32)16-27)21(35)15-23-28(3)17-20(33-7)25(36)29(4,18-34)22(28)9-10-30(23,31)5/h15,17,19,22,24,34H,9-14,16,18H2,1-6,8H3/t19-,22+,24-,28-,29+,30+,31+,32-/m0/s1. The summed E-state index contributed by atoms with van der Waals surface area (Å²) in [5.74, 6) is -0.970. The number of ether oxygens (including phenoxy) is 1. The van der Waals surface area contributed by atoms with Crippen LogP contribution in [0.25, 0.3) is 4.85 Å². The molecule has 0 amide bonds. The molecule has 8 atom stereocenters. The van der Waals surface area contributed by atoms with Crippen LogP contribution in [0.2, 0.25) is 0 Å². The SMILES string of the molecule is [C-]#[N+]C1=C[C@]2(C)C3=CC(=O)[C@@H]4[C@@H]5CC(C)(C)CC[C@]5(C(=O)OC)CC[C@@]4(C)[C@]3(C)CC[C@H]2[C@@](C)(CO)C1=O. The van der Waals surface area contributed by atoms with Gasteiger partial charge in [0.15, 0.2) is 11.6 Å². The average molecular weight is 522 g/mol. The van der Waals surface area contributed by atoms with Gasteiger partial charge in [0.25, 0.3) is 0 Å². The van der Waals surface area contributed by atoms with Crippen LogP contribution in [0.5, 0.6) is 0 Å². The molecule has 1 N–H and O–H groups in total. The lowest BCUT2D eigenvalue weighted by Crippen LogP contribution is -2.66. The van der Waals surface area contributed by atoms with E-state index in [2.05, 4.69) is 39.5 Å². The number of ketones is 2. The zero-order chi connectivity index (χ0) is 28.1. The largest absolute Gasteiger partial charge is 0.469 e. The van der Waals surface area contributed by atoms with Gasteiger partial charge in [-0.15, -0.1) is 0 Å². The summed E-state index contributed by atoms with van der Waals surface area (Å²) in [5, 5.41) is 10.4. The molecule has 5 aliphatic carbocycles. The Morgan fingerprint density at radius 2 is 1.74 bits per heavy atom. The fraction of sp³-hybridized carbons (Fsp3) is 0.750. The number of aliphatic hydroxyl groups is 1. The van der Waals surface area contributed by atoms with Crippen LogP contribution in [0.4, 0.5) is 0 Å². The van der Waals surface area contributed by atoms with Gasteiger partial charge in [-0.05, 0) is 79.1 Å². The first-order chi connectivity index (χ1) is 17.6. The molecule has 0 aromatic heterocycles. The summed E-state index contributed by atoms with van der Waals surface area (Å²) in [7, 11) is 1.47. The normalized spacial score (nSPS) is 47.3. The molecule has 6 heteroatoms. The highest BCUT2D eigenvalue weighted by molar-refractivity contribution is 6.03.